The van der Waals surface area contributed by atoms with E-state index in [1.54, 1.807) is 0 Å². The maximum Gasteiger partial charge on any atom is 0.202 e. The van der Waals surface area contributed by atoms with Crippen molar-refractivity contribution in [2.45, 2.75) is 20.4 Å². The van der Waals surface area contributed by atoms with Gasteiger partial charge in [0.15, 0.2) is 5.82 Å². The Balaban J connectivity index is 2.42. The Labute approximate surface area is 89.5 Å². The van der Waals surface area contributed by atoms with Crippen LogP contribution in [0.5, 0.6) is 0 Å². The summed E-state index contributed by atoms with van der Waals surface area (Å²) < 4.78 is 4.26. The minimum atomic E-state index is 0.635. The monoisotopic (exact) mass is 214 g/mol. The molecule has 0 fully saturated rings. The van der Waals surface area contributed by atoms with Crippen LogP contribution >= 0.6 is 11.5 Å². The van der Waals surface area contributed by atoms with E-state index in [1.807, 2.05) is 14.1 Å². The van der Waals surface area contributed by atoms with Crippen molar-refractivity contribution >= 4 is 16.7 Å². The Kier molecular flexibility index (Phi) is 4.28. The molecule has 5 heteroatoms. The van der Waals surface area contributed by atoms with Gasteiger partial charge < -0.3 is 10.2 Å². The zero-order chi connectivity index (χ0) is 10.6. The van der Waals surface area contributed by atoms with Gasteiger partial charge >= 0.3 is 0 Å². The molecule has 14 heavy (non-hydrogen) atoms. The lowest BCUT2D eigenvalue weighted by molar-refractivity contribution is 0.393. The zero-order valence-electron chi connectivity index (χ0n) is 9.24. The molecule has 0 atom stereocenters. The van der Waals surface area contributed by atoms with Crippen molar-refractivity contribution < 1.29 is 0 Å². The molecule has 0 radical (unpaired) electrons. The van der Waals surface area contributed by atoms with Crippen molar-refractivity contribution in [3.8, 4) is 0 Å². The molecule has 1 heterocycles. The van der Waals surface area contributed by atoms with Crippen molar-refractivity contribution in [1.82, 2.24) is 14.3 Å². The normalized spacial score (nSPS) is 11.3. The van der Waals surface area contributed by atoms with Crippen LogP contribution in [0.25, 0.3) is 0 Å². The van der Waals surface area contributed by atoms with Crippen LogP contribution in [0.1, 0.15) is 19.7 Å². The molecule has 0 aromatic carbocycles. The van der Waals surface area contributed by atoms with Crippen LogP contribution in [0.2, 0.25) is 0 Å². The number of anilines is 1. The zero-order valence-corrected chi connectivity index (χ0v) is 10.1. The van der Waals surface area contributed by atoms with Crippen molar-refractivity contribution in [2.24, 2.45) is 5.92 Å². The van der Waals surface area contributed by atoms with E-state index in [-0.39, 0.29) is 0 Å². The number of hydrogen-bond acceptors (Lipinski definition) is 5. The van der Waals surface area contributed by atoms with Gasteiger partial charge in [0.05, 0.1) is 6.54 Å². The Morgan fingerprint density at radius 2 is 2.14 bits per heavy atom. The quantitative estimate of drug-likeness (QED) is 0.809. The topological polar surface area (TPSA) is 41.1 Å². The highest BCUT2D eigenvalue weighted by Gasteiger charge is 2.04. The number of aromatic nitrogens is 2. The van der Waals surface area contributed by atoms with E-state index < -0.39 is 0 Å². The number of nitrogens with zero attached hydrogens (tertiary/aromatic N) is 3. The average molecular weight is 214 g/mol. The second-order valence-electron chi connectivity index (χ2n) is 4.03. The summed E-state index contributed by atoms with van der Waals surface area (Å²) in [6.07, 6.45) is 0. The van der Waals surface area contributed by atoms with Gasteiger partial charge in [-0.05, 0) is 20.0 Å². The second-order valence-corrected chi connectivity index (χ2v) is 4.78. The number of nitrogens with one attached hydrogen (secondary N) is 1. The van der Waals surface area contributed by atoms with Crippen molar-refractivity contribution in [3.63, 3.8) is 0 Å². The van der Waals surface area contributed by atoms with E-state index in [1.165, 1.54) is 11.5 Å². The molecule has 1 rings (SSSR count). The minimum Gasteiger partial charge on any atom is -0.360 e. The molecule has 0 aliphatic carbocycles. The molecule has 0 unspecified atom stereocenters. The predicted molar refractivity (Wildman–Crippen MR) is 60.6 cm³/mol. The summed E-state index contributed by atoms with van der Waals surface area (Å²) in [5.41, 5.74) is 0. The molecule has 1 N–H and O–H groups in total. The third-order valence-corrected chi connectivity index (χ3v) is 2.30. The van der Waals surface area contributed by atoms with E-state index >= 15 is 0 Å². The molecule has 0 aliphatic rings. The first-order chi connectivity index (χ1) is 6.58. The van der Waals surface area contributed by atoms with Gasteiger partial charge in [-0.3, -0.25) is 0 Å². The molecular formula is C9H18N4S. The highest BCUT2D eigenvalue weighted by atomic mass is 32.1. The fraction of sp³-hybridized carbons (Fsp3) is 0.778. The third kappa shape index (κ3) is 4.02. The fourth-order valence-corrected chi connectivity index (χ4v) is 1.55. The molecule has 1 aromatic heterocycles. The average Bonchev–Trinajstić information content (AvgIpc) is 2.47. The first-order valence-electron chi connectivity index (χ1n) is 4.79. The lowest BCUT2D eigenvalue weighted by Crippen LogP contribution is -2.12. The summed E-state index contributed by atoms with van der Waals surface area (Å²) in [4.78, 5) is 6.44. The van der Waals surface area contributed by atoms with Crippen molar-refractivity contribution in [2.75, 3.05) is 26.0 Å². The number of rotatable bonds is 5. The molecule has 0 saturated carbocycles. The van der Waals surface area contributed by atoms with E-state index in [0.717, 1.165) is 24.0 Å². The maximum absolute atomic E-state index is 4.38. The van der Waals surface area contributed by atoms with Gasteiger partial charge in [0.25, 0.3) is 0 Å². The molecule has 0 saturated heterocycles. The SMILES string of the molecule is CC(C)CNc1nc(CN(C)C)ns1. The van der Waals surface area contributed by atoms with Crippen LogP contribution in [-0.4, -0.2) is 34.9 Å². The lowest BCUT2D eigenvalue weighted by atomic mass is 10.2. The molecule has 1 aromatic rings. The van der Waals surface area contributed by atoms with E-state index in [0.29, 0.717) is 5.92 Å². The Hall–Kier alpha value is -0.680. The second kappa shape index (κ2) is 5.26. The van der Waals surface area contributed by atoms with Crippen LogP contribution in [0.4, 0.5) is 5.13 Å². The molecule has 0 bridgehead atoms. The van der Waals surface area contributed by atoms with E-state index in [4.69, 9.17) is 0 Å². The standard InChI is InChI=1S/C9H18N4S/c1-7(2)5-10-9-11-8(12-14-9)6-13(3)4/h7H,5-6H2,1-4H3,(H,10,11,12). The summed E-state index contributed by atoms with van der Waals surface area (Å²) in [5.74, 6) is 1.53. The van der Waals surface area contributed by atoms with Gasteiger partial charge in [0.1, 0.15) is 0 Å². The van der Waals surface area contributed by atoms with Crippen LogP contribution < -0.4 is 5.32 Å². The molecule has 80 valence electrons. The van der Waals surface area contributed by atoms with Crippen molar-refractivity contribution in [3.05, 3.63) is 5.82 Å². The van der Waals surface area contributed by atoms with E-state index in [2.05, 4.69) is 33.4 Å². The molecule has 0 spiro atoms. The van der Waals surface area contributed by atoms with Gasteiger partial charge in [-0.1, -0.05) is 13.8 Å². The lowest BCUT2D eigenvalue weighted by Gasteiger charge is -2.05. The smallest absolute Gasteiger partial charge is 0.202 e. The Bertz CT molecular complexity index is 270. The molecule has 0 aliphatic heterocycles. The predicted octanol–water partition coefficient (Wildman–Crippen LogP) is 1.67. The van der Waals surface area contributed by atoms with Gasteiger partial charge in [0, 0.05) is 18.1 Å². The first-order valence-corrected chi connectivity index (χ1v) is 5.56. The maximum atomic E-state index is 4.38. The van der Waals surface area contributed by atoms with E-state index in [9.17, 15) is 0 Å². The van der Waals surface area contributed by atoms with Crippen molar-refractivity contribution in [1.29, 1.82) is 0 Å². The summed E-state index contributed by atoms with van der Waals surface area (Å²) in [7, 11) is 4.03. The minimum absolute atomic E-state index is 0.635. The Morgan fingerprint density at radius 1 is 1.43 bits per heavy atom. The van der Waals surface area contributed by atoms with Gasteiger partial charge in [-0.2, -0.15) is 4.37 Å². The number of hydrogen-bond donors (Lipinski definition) is 1. The fourth-order valence-electron chi connectivity index (χ4n) is 0.964. The first kappa shape index (κ1) is 11.4. The summed E-state index contributed by atoms with van der Waals surface area (Å²) in [5, 5.41) is 4.19. The van der Waals surface area contributed by atoms with Gasteiger partial charge in [0.2, 0.25) is 5.13 Å². The van der Waals surface area contributed by atoms with Crippen LogP contribution in [0.15, 0.2) is 0 Å². The summed E-state index contributed by atoms with van der Waals surface area (Å²) in [6.45, 7) is 6.11. The Morgan fingerprint density at radius 3 is 2.71 bits per heavy atom. The summed E-state index contributed by atoms with van der Waals surface area (Å²) in [6, 6.07) is 0. The van der Waals surface area contributed by atoms with Crippen LogP contribution in [0, 0.1) is 5.92 Å². The highest BCUT2D eigenvalue weighted by Crippen LogP contribution is 2.12. The third-order valence-electron chi connectivity index (χ3n) is 1.59. The van der Waals surface area contributed by atoms with Gasteiger partial charge in [-0.25, -0.2) is 4.98 Å². The molecule has 0 amide bonds. The van der Waals surface area contributed by atoms with Crippen LogP contribution in [0.3, 0.4) is 0 Å². The van der Waals surface area contributed by atoms with Gasteiger partial charge in [-0.15, -0.1) is 0 Å². The molecule has 4 nitrogen and oxygen atoms in total. The molecular weight excluding hydrogens is 196 g/mol. The van der Waals surface area contributed by atoms with Crippen LogP contribution in [-0.2, 0) is 6.54 Å². The largest absolute Gasteiger partial charge is 0.360 e. The summed E-state index contributed by atoms with van der Waals surface area (Å²) >= 11 is 1.43. The highest BCUT2D eigenvalue weighted by molar-refractivity contribution is 7.09.